The Morgan fingerprint density at radius 2 is 1.81 bits per heavy atom. The predicted molar refractivity (Wildman–Crippen MR) is 106 cm³/mol. The molecule has 0 saturated heterocycles. The van der Waals surface area contributed by atoms with Crippen molar-refractivity contribution in [2.45, 2.75) is 0 Å². The average molecular weight is 385 g/mol. The van der Waals surface area contributed by atoms with Gasteiger partial charge in [-0.1, -0.05) is 41.4 Å². The number of carbonyl (C=O) groups excluding carboxylic acids is 1. The van der Waals surface area contributed by atoms with Gasteiger partial charge in [-0.3, -0.25) is 9.79 Å². The molecular formula is C20H14Cl2N2O2. The van der Waals surface area contributed by atoms with Crippen LogP contribution >= 0.6 is 23.2 Å². The summed E-state index contributed by atoms with van der Waals surface area (Å²) in [5.74, 6) is -0.188. The highest BCUT2D eigenvalue weighted by atomic mass is 35.5. The van der Waals surface area contributed by atoms with Gasteiger partial charge < -0.3 is 10.4 Å². The highest BCUT2D eigenvalue weighted by molar-refractivity contribution is 6.37. The number of aliphatic imine (C=N–C) groups is 1. The van der Waals surface area contributed by atoms with Crippen molar-refractivity contribution in [1.29, 1.82) is 0 Å². The fraction of sp³-hybridized carbons (Fsp3) is 0. The first kappa shape index (κ1) is 18.0. The molecular weight excluding hydrogens is 371 g/mol. The van der Waals surface area contributed by atoms with Crippen LogP contribution < -0.4 is 5.32 Å². The van der Waals surface area contributed by atoms with Crippen LogP contribution in [0.3, 0.4) is 0 Å². The molecule has 0 spiro atoms. The monoisotopic (exact) mass is 384 g/mol. The van der Waals surface area contributed by atoms with Gasteiger partial charge in [-0.05, 0) is 48.5 Å². The van der Waals surface area contributed by atoms with E-state index < -0.39 is 0 Å². The lowest BCUT2D eigenvalue weighted by Crippen LogP contribution is -2.12. The fourth-order valence-electron chi connectivity index (χ4n) is 2.28. The average Bonchev–Trinajstić information content (AvgIpc) is 2.61. The van der Waals surface area contributed by atoms with Gasteiger partial charge in [-0.25, -0.2) is 0 Å². The number of amides is 1. The third-order valence-electron chi connectivity index (χ3n) is 3.57. The van der Waals surface area contributed by atoms with Crippen LogP contribution in [0.2, 0.25) is 10.0 Å². The first-order valence-corrected chi connectivity index (χ1v) is 8.47. The van der Waals surface area contributed by atoms with Crippen LogP contribution in [0.1, 0.15) is 15.9 Å². The number of benzene rings is 3. The van der Waals surface area contributed by atoms with Crippen LogP contribution in [-0.2, 0) is 0 Å². The minimum absolute atomic E-state index is 0.151. The largest absolute Gasteiger partial charge is 0.507 e. The summed E-state index contributed by atoms with van der Waals surface area (Å²) in [5.41, 5.74) is 2.15. The molecule has 0 fully saturated rings. The van der Waals surface area contributed by atoms with Gasteiger partial charge in [-0.2, -0.15) is 0 Å². The maximum Gasteiger partial charge on any atom is 0.257 e. The normalized spacial score (nSPS) is 10.8. The zero-order valence-corrected chi connectivity index (χ0v) is 15.0. The van der Waals surface area contributed by atoms with Crippen molar-refractivity contribution >= 4 is 46.7 Å². The summed E-state index contributed by atoms with van der Waals surface area (Å²) in [4.78, 5) is 16.7. The molecule has 3 rings (SSSR count). The maximum absolute atomic E-state index is 12.4. The number of phenols is 1. The molecule has 0 unspecified atom stereocenters. The Kier molecular flexibility index (Phi) is 5.56. The zero-order chi connectivity index (χ0) is 18.5. The molecule has 0 saturated carbocycles. The molecule has 0 aliphatic carbocycles. The van der Waals surface area contributed by atoms with Crippen molar-refractivity contribution in [1.82, 2.24) is 0 Å². The number of nitrogens with zero attached hydrogens (tertiary/aromatic N) is 1. The molecule has 4 nitrogen and oxygen atoms in total. The lowest BCUT2D eigenvalue weighted by Gasteiger charge is -2.07. The van der Waals surface area contributed by atoms with Crippen molar-refractivity contribution in [3.63, 3.8) is 0 Å². The van der Waals surface area contributed by atoms with E-state index in [4.69, 9.17) is 23.2 Å². The molecule has 6 heteroatoms. The minimum Gasteiger partial charge on any atom is -0.507 e. The first-order valence-electron chi connectivity index (χ1n) is 7.71. The van der Waals surface area contributed by atoms with E-state index in [0.717, 1.165) is 0 Å². The third kappa shape index (κ3) is 4.42. The topological polar surface area (TPSA) is 61.7 Å². The highest BCUT2D eigenvalue weighted by Crippen LogP contribution is 2.24. The van der Waals surface area contributed by atoms with E-state index in [1.807, 2.05) is 6.07 Å². The second-order valence-electron chi connectivity index (χ2n) is 5.45. The number of phenolic OH excluding ortho intramolecular Hbond substituents is 1. The van der Waals surface area contributed by atoms with Gasteiger partial charge in [0.15, 0.2) is 0 Å². The minimum atomic E-state index is -0.339. The maximum atomic E-state index is 12.4. The van der Waals surface area contributed by atoms with Gasteiger partial charge in [0.2, 0.25) is 0 Å². The van der Waals surface area contributed by atoms with Crippen LogP contribution in [0.4, 0.5) is 11.4 Å². The molecule has 0 radical (unpaired) electrons. The summed E-state index contributed by atoms with van der Waals surface area (Å²) in [6, 6.07) is 18.6. The van der Waals surface area contributed by atoms with E-state index in [9.17, 15) is 9.90 Å². The van der Waals surface area contributed by atoms with Crippen molar-refractivity contribution in [3.05, 3.63) is 87.9 Å². The molecule has 0 aliphatic rings. The van der Waals surface area contributed by atoms with Gasteiger partial charge in [0.1, 0.15) is 5.75 Å². The Hall–Kier alpha value is -2.82. The summed E-state index contributed by atoms with van der Waals surface area (Å²) in [6.45, 7) is 0. The summed E-state index contributed by atoms with van der Waals surface area (Å²) >= 11 is 11.9. The van der Waals surface area contributed by atoms with Gasteiger partial charge >= 0.3 is 0 Å². The number of para-hydroxylation sites is 1. The van der Waals surface area contributed by atoms with E-state index in [-0.39, 0.29) is 16.7 Å². The van der Waals surface area contributed by atoms with Crippen LogP contribution in [0.25, 0.3) is 0 Å². The number of halogens is 2. The zero-order valence-electron chi connectivity index (χ0n) is 13.5. The Morgan fingerprint density at radius 1 is 1.00 bits per heavy atom. The molecule has 0 aromatic heterocycles. The van der Waals surface area contributed by atoms with Crippen LogP contribution in [0.5, 0.6) is 5.75 Å². The van der Waals surface area contributed by atoms with Crippen molar-refractivity contribution in [2.24, 2.45) is 4.99 Å². The van der Waals surface area contributed by atoms with Gasteiger partial charge in [-0.15, -0.1) is 0 Å². The third-order valence-corrected chi connectivity index (χ3v) is 4.12. The van der Waals surface area contributed by atoms with Crippen LogP contribution in [0, 0.1) is 0 Å². The lowest BCUT2D eigenvalue weighted by molar-refractivity contribution is 0.102. The van der Waals surface area contributed by atoms with Crippen LogP contribution in [-0.4, -0.2) is 17.2 Å². The molecule has 3 aromatic rings. The Balaban J connectivity index is 1.77. The van der Waals surface area contributed by atoms with E-state index in [2.05, 4.69) is 10.3 Å². The molecule has 3 aromatic carbocycles. The summed E-state index contributed by atoms with van der Waals surface area (Å²) in [7, 11) is 0. The number of anilines is 1. The fourth-order valence-corrected chi connectivity index (χ4v) is 2.77. The number of hydrogen-bond donors (Lipinski definition) is 2. The smallest absolute Gasteiger partial charge is 0.257 e. The summed E-state index contributed by atoms with van der Waals surface area (Å²) < 4.78 is 0. The van der Waals surface area contributed by atoms with Crippen LogP contribution in [0.15, 0.2) is 71.7 Å². The van der Waals surface area contributed by atoms with Crippen molar-refractivity contribution in [3.8, 4) is 5.75 Å². The number of rotatable bonds is 4. The molecule has 130 valence electrons. The quantitative estimate of drug-likeness (QED) is 0.566. The number of hydrogen-bond acceptors (Lipinski definition) is 3. The molecule has 0 aliphatic heterocycles. The Bertz CT molecular complexity index is 987. The van der Waals surface area contributed by atoms with Gasteiger partial charge in [0.05, 0.1) is 16.3 Å². The first-order chi connectivity index (χ1) is 12.5. The Morgan fingerprint density at radius 3 is 2.58 bits per heavy atom. The van der Waals surface area contributed by atoms with Gasteiger partial charge in [0.25, 0.3) is 5.91 Å². The van der Waals surface area contributed by atoms with E-state index >= 15 is 0 Å². The van der Waals surface area contributed by atoms with Crippen molar-refractivity contribution in [2.75, 3.05) is 5.32 Å². The summed E-state index contributed by atoms with van der Waals surface area (Å²) in [6.07, 6.45) is 1.56. The van der Waals surface area contributed by atoms with E-state index in [1.54, 1.807) is 60.8 Å². The highest BCUT2D eigenvalue weighted by Gasteiger charge is 2.11. The molecule has 0 atom stereocenters. The number of aromatic hydroxyl groups is 1. The molecule has 0 bridgehead atoms. The molecule has 2 N–H and O–H groups in total. The molecule has 26 heavy (non-hydrogen) atoms. The second kappa shape index (κ2) is 8.04. The molecule has 0 heterocycles. The van der Waals surface area contributed by atoms with E-state index in [0.29, 0.717) is 27.5 Å². The SMILES string of the molecule is O=C(Nc1cccc(N=Cc2ccccc2O)c1)c1ccc(Cl)cc1Cl. The second-order valence-corrected chi connectivity index (χ2v) is 6.29. The summed E-state index contributed by atoms with van der Waals surface area (Å²) in [5, 5.41) is 13.3. The molecule has 1 amide bonds. The lowest BCUT2D eigenvalue weighted by atomic mass is 10.2. The number of carbonyl (C=O) groups is 1. The van der Waals surface area contributed by atoms with Crippen molar-refractivity contribution < 1.29 is 9.90 Å². The van der Waals surface area contributed by atoms with E-state index in [1.165, 1.54) is 6.07 Å². The van der Waals surface area contributed by atoms with Gasteiger partial charge in [0, 0.05) is 22.5 Å². The number of nitrogens with one attached hydrogen (secondary N) is 1. The predicted octanol–water partition coefficient (Wildman–Crippen LogP) is 5.70. The Labute approximate surface area is 160 Å². The standard InChI is InChI=1S/C20H14Cl2N2O2/c21-14-8-9-17(18(22)10-14)20(26)24-16-6-3-5-15(11-16)23-12-13-4-1-2-7-19(13)25/h1-12,25H,(H,24,26).